The molecule has 1 aromatic heterocycles. The van der Waals surface area contributed by atoms with Gasteiger partial charge in [-0.25, -0.2) is 0 Å². The Morgan fingerprint density at radius 2 is 2.05 bits per heavy atom. The normalized spacial score (nSPS) is 21.6. The lowest BCUT2D eigenvalue weighted by Crippen LogP contribution is -2.23. The van der Waals surface area contributed by atoms with Gasteiger partial charge in [-0.1, -0.05) is 38.1 Å². The van der Waals surface area contributed by atoms with Crippen molar-refractivity contribution in [2.24, 2.45) is 5.73 Å². The summed E-state index contributed by atoms with van der Waals surface area (Å²) in [6.45, 7) is 4.33. The molecule has 3 nitrogen and oxygen atoms in total. The Labute approximate surface area is 114 Å². The average Bonchev–Trinajstić information content (AvgIpc) is 3.00. The fourth-order valence-electron chi connectivity index (χ4n) is 3.06. The van der Waals surface area contributed by atoms with Crippen molar-refractivity contribution in [1.29, 1.82) is 0 Å². The second kappa shape index (κ2) is 4.82. The first-order valence-corrected chi connectivity index (χ1v) is 7.15. The summed E-state index contributed by atoms with van der Waals surface area (Å²) >= 11 is 0. The second-order valence-electron chi connectivity index (χ2n) is 5.27. The van der Waals surface area contributed by atoms with Crippen molar-refractivity contribution in [3.05, 3.63) is 52.8 Å². The summed E-state index contributed by atoms with van der Waals surface area (Å²) < 4.78 is 2.17. The van der Waals surface area contributed by atoms with E-state index in [0.29, 0.717) is 0 Å². The molecule has 3 heteroatoms. The molecule has 19 heavy (non-hydrogen) atoms. The highest BCUT2D eigenvalue weighted by atomic mass is 15.3. The molecule has 0 radical (unpaired) electrons. The third-order valence-electron chi connectivity index (χ3n) is 4.16. The Kier molecular flexibility index (Phi) is 3.15. The molecule has 1 heterocycles. The number of aromatic nitrogens is 2. The first-order chi connectivity index (χ1) is 9.24. The maximum atomic E-state index is 6.44. The molecular formula is C16H21N3. The maximum absolute atomic E-state index is 6.44. The van der Waals surface area contributed by atoms with Crippen LogP contribution >= 0.6 is 0 Å². The summed E-state index contributed by atoms with van der Waals surface area (Å²) in [7, 11) is 0. The van der Waals surface area contributed by atoms with E-state index in [-0.39, 0.29) is 12.1 Å². The van der Waals surface area contributed by atoms with Gasteiger partial charge in [-0.05, 0) is 36.5 Å². The number of aryl methyl sites for hydroxylation is 2. The van der Waals surface area contributed by atoms with Crippen molar-refractivity contribution in [1.82, 2.24) is 9.78 Å². The SMILES string of the molecule is CCc1cc(CC)n(C2Cc3ccccc3C2N)n1. The highest BCUT2D eigenvalue weighted by Crippen LogP contribution is 2.37. The third kappa shape index (κ3) is 1.98. The van der Waals surface area contributed by atoms with Crippen LogP contribution in [0, 0.1) is 0 Å². The minimum atomic E-state index is 0.0612. The third-order valence-corrected chi connectivity index (χ3v) is 4.16. The highest BCUT2D eigenvalue weighted by Gasteiger charge is 2.32. The predicted molar refractivity (Wildman–Crippen MR) is 77.1 cm³/mol. The topological polar surface area (TPSA) is 43.8 Å². The molecular weight excluding hydrogens is 234 g/mol. The molecule has 1 aliphatic rings. The molecule has 0 aliphatic heterocycles. The number of nitrogens with zero attached hydrogens (tertiary/aromatic N) is 2. The van der Waals surface area contributed by atoms with Crippen LogP contribution in [0.3, 0.4) is 0 Å². The molecule has 2 unspecified atom stereocenters. The van der Waals surface area contributed by atoms with Gasteiger partial charge in [0.1, 0.15) is 0 Å². The van der Waals surface area contributed by atoms with Crippen LogP contribution in [0.5, 0.6) is 0 Å². The van der Waals surface area contributed by atoms with Crippen molar-refractivity contribution in [3.8, 4) is 0 Å². The quantitative estimate of drug-likeness (QED) is 0.916. The number of fused-ring (bicyclic) bond motifs is 1. The minimum absolute atomic E-state index is 0.0612. The van der Waals surface area contributed by atoms with Gasteiger partial charge in [-0.15, -0.1) is 0 Å². The zero-order valence-electron chi connectivity index (χ0n) is 11.6. The monoisotopic (exact) mass is 255 g/mol. The first-order valence-electron chi connectivity index (χ1n) is 7.15. The van der Waals surface area contributed by atoms with Gasteiger partial charge in [0.2, 0.25) is 0 Å². The number of hydrogen-bond acceptors (Lipinski definition) is 2. The zero-order valence-corrected chi connectivity index (χ0v) is 11.6. The maximum Gasteiger partial charge on any atom is 0.0755 e. The van der Waals surface area contributed by atoms with Crippen LogP contribution in [0.25, 0.3) is 0 Å². The van der Waals surface area contributed by atoms with Gasteiger partial charge in [0.05, 0.1) is 17.8 Å². The molecule has 0 saturated heterocycles. The molecule has 2 N–H and O–H groups in total. The van der Waals surface area contributed by atoms with E-state index in [0.717, 1.165) is 19.3 Å². The smallest absolute Gasteiger partial charge is 0.0755 e. The number of benzene rings is 1. The van der Waals surface area contributed by atoms with Crippen LogP contribution < -0.4 is 5.73 Å². The Bertz CT molecular complexity index is 585. The van der Waals surface area contributed by atoms with Gasteiger partial charge in [-0.3, -0.25) is 4.68 Å². The Morgan fingerprint density at radius 3 is 2.74 bits per heavy atom. The van der Waals surface area contributed by atoms with E-state index in [2.05, 4.69) is 48.9 Å². The largest absolute Gasteiger partial charge is 0.322 e. The molecule has 1 aliphatic carbocycles. The van der Waals surface area contributed by atoms with Crippen molar-refractivity contribution in [3.63, 3.8) is 0 Å². The van der Waals surface area contributed by atoms with Crippen LogP contribution in [-0.4, -0.2) is 9.78 Å². The van der Waals surface area contributed by atoms with E-state index in [1.165, 1.54) is 22.5 Å². The summed E-state index contributed by atoms with van der Waals surface area (Å²) in [6, 6.07) is 11.0. The molecule has 2 aromatic rings. The van der Waals surface area contributed by atoms with Crippen LogP contribution in [0.2, 0.25) is 0 Å². The first kappa shape index (κ1) is 12.4. The minimum Gasteiger partial charge on any atom is -0.322 e. The lowest BCUT2D eigenvalue weighted by molar-refractivity contribution is 0.397. The van der Waals surface area contributed by atoms with Gasteiger partial charge < -0.3 is 5.73 Å². The fourth-order valence-corrected chi connectivity index (χ4v) is 3.06. The van der Waals surface area contributed by atoms with E-state index in [1.807, 2.05) is 0 Å². The van der Waals surface area contributed by atoms with E-state index in [1.54, 1.807) is 0 Å². The van der Waals surface area contributed by atoms with Gasteiger partial charge in [0.25, 0.3) is 0 Å². The molecule has 0 fully saturated rings. The summed E-state index contributed by atoms with van der Waals surface area (Å²) in [5, 5.41) is 4.75. The second-order valence-corrected chi connectivity index (χ2v) is 5.27. The molecule has 0 saturated carbocycles. The molecule has 3 rings (SSSR count). The van der Waals surface area contributed by atoms with E-state index in [4.69, 9.17) is 10.8 Å². The molecule has 0 spiro atoms. The van der Waals surface area contributed by atoms with Crippen molar-refractivity contribution >= 4 is 0 Å². The lowest BCUT2D eigenvalue weighted by atomic mass is 10.1. The Hall–Kier alpha value is -1.61. The number of rotatable bonds is 3. The summed E-state index contributed by atoms with van der Waals surface area (Å²) in [5.74, 6) is 0. The van der Waals surface area contributed by atoms with Gasteiger partial charge in [-0.2, -0.15) is 5.10 Å². The predicted octanol–water partition coefficient (Wildman–Crippen LogP) is 2.81. The lowest BCUT2D eigenvalue weighted by Gasteiger charge is -2.19. The van der Waals surface area contributed by atoms with Crippen LogP contribution in [0.1, 0.15) is 48.4 Å². The molecule has 0 amide bonds. The van der Waals surface area contributed by atoms with E-state index in [9.17, 15) is 0 Å². The van der Waals surface area contributed by atoms with Crippen LogP contribution in [0.15, 0.2) is 30.3 Å². The zero-order chi connectivity index (χ0) is 13.4. The van der Waals surface area contributed by atoms with Crippen LogP contribution in [0.4, 0.5) is 0 Å². The standard InChI is InChI=1S/C16H21N3/c1-3-12-10-13(4-2)19(18-12)15-9-11-7-5-6-8-14(11)16(15)17/h5-8,10,15-16H,3-4,9,17H2,1-2H3. The summed E-state index contributed by atoms with van der Waals surface area (Å²) in [4.78, 5) is 0. The molecule has 0 bridgehead atoms. The van der Waals surface area contributed by atoms with Gasteiger partial charge in [0.15, 0.2) is 0 Å². The number of hydrogen-bond donors (Lipinski definition) is 1. The van der Waals surface area contributed by atoms with Crippen LogP contribution in [-0.2, 0) is 19.3 Å². The Balaban J connectivity index is 1.99. The fraction of sp³-hybridized carbons (Fsp3) is 0.438. The number of nitrogens with two attached hydrogens (primary N) is 1. The molecule has 1 aromatic carbocycles. The average molecular weight is 255 g/mol. The molecule has 100 valence electrons. The van der Waals surface area contributed by atoms with Gasteiger partial charge in [0, 0.05) is 5.69 Å². The summed E-state index contributed by atoms with van der Waals surface area (Å²) in [6.07, 6.45) is 2.98. The van der Waals surface area contributed by atoms with Crippen molar-refractivity contribution in [2.75, 3.05) is 0 Å². The molecule has 2 atom stereocenters. The van der Waals surface area contributed by atoms with Gasteiger partial charge >= 0.3 is 0 Å². The summed E-state index contributed by atoms with van der Waals surface area (Å²) in [5.41, 5.74) is 11.6. The van der Waals surface area contributed by atoms with E-state index < -0.39 is 0 Å². The van der Waals surface area contributed by atoms with Crippen molar-refractivity contribution in [2.45, 2.75) is 45.2 Å². The highest BCUT2D eigenvalue weighted by molar-refractivity contribution is 5.36. The van der Waals surface area contributed by atoms with Crippen molar-refractivity contribution < 1.29 is 0 Å². The van der Waals surface area contributed by atoms with E-state index >= 15 is 0 Å². The Morgan fingerprint density at radius 1 is 1.26 bits per heavy atom.